The van der Waals surface area contributed by atoms with Gasteiger partial charge in [0.15, 0.2) is 11.5 Å². The van der Waals surface area contributed by atoms with Crippen LogP contribution in [0.5, 0.6) is 5.75 Å². The van der Waals surface area contributed by atoms with Crippen molar-refractivity contribution in [1.29, 1.82) is 0 Å². The minimum atomic E-state index is -0.0756. The Labute approximate surface area is 131 Å². The highest BCUT2D eigenvalue weighted by atomic mass is 79.9. The summed E-state index contributed by atoms with van der Waals surface area (Å²) in [5, 5.41) is 6.85. The number of rotatable bonds is 3. The monoisotopic (exact) mass is 398 g/mol. The highest BCUT2D eigenvalue weighted by molar-refractivity contribution is 9.11. The topological polar surface area (TPSA) is 68.1 Å². The smallest absolute Gasteiger partial charge is 0.179 e. The second-order valence-corrected chi connectivity index (χ2v) is 5.67. The van der Waals surface area contributed by atoms with Gasteiger partial charge in [0, 0.05) is 12.1 Å². The van der Waals surface area contributed by atoms with Gasteiger partial charge < -0.3 is 4.84 Å². The first kappa shape index (κ1) is 14.8. The molecule has 0 amide bonds. The highest BCUT2D eigenvalue weighted by Crippen LogP contribution is 2.37. The van der Waals surface area contributed by atoms with E-state index in [2.05, 4.69) is 42.2 Å². The Balaban J connectivity index is 2.24. The summed E-state index contributed by atoms with van der Waals surface area (Å²) in [6, 6.07) is 3.17. The average molecular weight is 400 g/mol. The summed E-state index contributed by atoms with van der Waals surface area (Å²) in [7, 11) is 0. The number of carbonyl (C=O) groups is 1. The van der Waals surface area contributed by atoms with Crippen molar-refractivity contribution >= 4 is 49.0 Å². The first-order valence-corrected chi connectivity index (χ1v) is 7.08. The Bertz CT molecular complexity index is 655. The Hall–Kier alpha value is -1.60. The molecule has 0 saturated carbocycles. The zero-order valence-electron chi connectivity index (χ0n) is 10.3. The SMILES string of the molecule is CC1=CC(=O)C=C/C1=N\Oc1cc(Br)c(N=O)c(Br)c1. The molecule has 2 rings (SSSR count). The molecule has 0 radical (unpaired) electrons. The average Bonchev–Trinajstić information content (AvgIpc) is 2.37. The zero-order valence-corrected chi connectivity index (χ0v) is 13.4. The summed E-state index contributed by atoms with van der Waals surface area (Å²) in [5.74, 6) is 0.357. The molecule has 0 aliphatic heterocycles. The quantitative estimate of drug-likeness (QED) is 0.429. The predicted octanol–water partition coefficient (Wildman–Crippen LogP) is 4.43. The van der Waals surface area contributed by atoms with E-state index in [4.69, 9.17) is 4.84 Å². The number of allylic oxidation sites excluding steroid dienone is 4. The maximum absolute atomic E-state index is 11.1. The van der Waals surface area contributed by atoms with E-state index < -0.39 is 0 Å². The number of oxime groups is 1. The van der Waals surface area contributed by atoms with Crippen LogP contribution in [0, 0.1) is 4.91 Å². The molecular weight excluding hydrogens is 392 g/mol. The molecule has 0 N–H and O–H groups in total. The van der Waals surface area contributed by atoms with Crippen molar-refractivity contribution in [3.63, 3.8) is 0 Å². The molecule has 0 saturated heterocycles. The van der Waals surface area contributed by atoms with Gasteiger partial charge in [-0.25, -0.2) is 0 Å². The van der Waals surface area contributed by atoms with Gasteiger partial charge in [-0.05, 0) is 67.8 Å². The fourth-order valence-electron chi connectivity index (χ4n) is 1.51. The van der Waals surface area contributed by atoms with Gasteiger partial charge in [0.2, 0.25) is 0 Å². The molecule has 0 spiro atoms. The molecule has 1 aromatic carbocycles. The second-order valence-electron chi connectivity index (χ2n) is 3.96. The van der Waals surface area contributed by atoms with E-state index in [1.54, 1.807) is 25.1 Å². The van der Waals surface area contributed by atoms with Crippen molar-refractivity contribution < 1.29 is 9.63 Å². The fraction of sp³-hybridized carbons (Fsp3) is 0.0769. The number of hydrogen-bond acceptors (Lipinski definition) is 5. The van der Waals surface area contributed by atoms with E-state index in [0.717, 1.165) is 5.57 Å². The lowest BCUT2D eigenvalue weighted by Gasteiger charge is -2.07. The molecule has 0 fully saturated rings. The number of hydrogen-bond donors (Lipinski definition) is 0. The molecule has 1 aliphatic carbocycles. The molecule has 0 heterocycles. The minimum Gasteiger partial charge on any atom is -0.356 e. The third kappa shape index (κ3) is 3.29. The number of nitroso groups, excluding NO2 is 1. The van der Waals surface area contributed by atoms with Gasteiger partial charge >= 0.3 is 0 Å². The van der Waals surface area contributed by atoms with Crippen LogP contribution >= 0.6 is 31.9 Å². The molecule has 0 unspecified atom stereocenters. The lowest BCUT2D eigenvalue weighted by molar-refractivity contribution is -0.110. The maximum Gasteiger partial charge on any atom is 0.179 e. The first-order valence-electron chi connectivity index (χ1n) is 5.49. The summed E-state index contributed by atoms with van der Waals surface area (Å²) in [5.41, 5.74) is 1.54. The van der Waals surface area contributed by atoms with Gasteiger partial charge in [-0.15, -0.1) is 4.91 Å². The molecule has 0 aromatic heterocycles. The van der Waals surface area contributed by atoms with Crippen molar-refractivity contribution in [2.24, 2.45) is 10.3 Å². The molecule has 1 aliphatic rings. The van der Waals surface area contributed by atoms with Crippen molar-refractivity contribution in [2.75, 3.05) is 0 Å². The number of halogens is 2. The lowest BCUT2D eigenvalue weighted by Crippen LogP contribution is -2.06. The third-order valence-electron chi connectivity index (χ3n) is 2.50. The Morgan fingerprint density at radius 1 is 1.15 bits per heavy atom. The van der Waals surface area contributed by atoms with Gasteiger partial charge in [0.1, 0.15) is 11.4 Å². The summed E-state index contributed by atoms with van der Waals surface area (Å²) in [4.78, 5) is 27.0. The van der Waals surface area contributed by atoms with Crippen LogP contribution in [0.3, 0.4) is 0 Å². The molecule has 1 aromatic rings. The van der Waals surface area contributed by atoms with Gasteiger partial charge in [-0.1, -0.05) is 5.16 Å². The number of nitrogens with zero attached hydrogens (tertiary/aromatic N) is 2. The third-order valence-corrected chi connectivity index (χ3v) is 3.71. The number of carbonyl (C=O) groups excluding carboxylic acids is 1. The van der Waals surface area contributed by atoms with Crippen LogP contribution in [-0.4, -0.2) is 11.5 Å². The predicted molar refractivity (Wildman–Crippen MR) is 83.3 cm³/mol. The van der Waals surface area contributed by atoms with E-state index in [9.17, 15) is 9.70 Å². The lowest BCUT2D eigenvalue weighted by atomic mass is 10.1. The van der Waals surface area contributed by atoms with Crippen molar-refractivity contribution in [3.8, 4) is 5.75 Å². The number of ketones is 1. The molecule has 102 valence electrons. The molecule has 0 atom stereocenters. The number of benzene rings is 1. The van der Waals surface area contributed by atoms with Gasteiger partial charge in [-0.3, -0.25) is 4.79 Å². The summed E-state index contributed by atoms with van der Waals surface area (Å²) >= 11 is 6.44. The summed E-state index contributed by atoms with van der Waals surface area (Å²) in [6.07, 6.45) is 4.48. The Morgan fingerprint density at radius 3 is 2.35 bits per heavy atom. The van der Waals surface area contributed by atoms with Crippen LogP contribution in [0.1, 0.15) is 6.92 Å². The van der Waals surface area contributed by atoms with E-state index in [1.807, 2.05) is 0 Å². The van der Waals surface area contributed by atoms with Crippen LogP contribution in [0.2, 0.25) is 0 Å². The normalized spacial score (nSPS) is 16.2. The summed E-state index contributed by atoms with van der Waals surface area (Å²) in [6.45, 7) is 1.77. The molecule has 7 heteroatoms. The van der Waals surface area contributed by atoms with E-state index in [1.165, 1.54) is 12.2 Å². The largest absolute Gasteiger partial charge is 0.356 e. The molecule has 5 nitrogen and oxygen atoms in total. The van der Waals surface area contributed by atoms with Gasteiger partial charge in [0.05, 0.1) is 8.95 Å². The molecule has 20 heavy (non-hydrogen) atoms. The highest BCUT2D eigenvalue weighted by Gasteiger charge is 2.11. The van der Waals surface area contributed by atoms with E-state index in [-0.39, 0.29) is 11.5 Å². The van der Waals surface area contributed by atoms with Crippen LogP contribution < -0.4 is 4.84 Å². The van der Waals surface area contributed by atoms with Crippen LogP contribution in [0.15, 0.2) is 55.2 Å². The van der Waals surface area contributed by atoms with Crippen molar-refractivity contribution in [2.45, 2.75) is 6.92 Å². The minimum absolute atomic E-state index is 0.0756. The van der Waals surface area contributed by atoms with Crippen LogP contribution in [0.25, 0.3) is 0 Å². The Kier molecular flexibility index (Phi) is 4.61. The van der Waals surface area contributed by atoms with Crippen molar-refractivity contribution in [3.05, 3.63) is 49.8 Å². The zero-order chi connectivity index (χ0) is 14.7. The van der Waals surface area contributed by atoms with Gasteiger partial charge in [0.25, 0.3) is 0 Å². The van der Waals surface area contributed by atoms with Gasteiger partial charge in [-0.2, -0.15) is 0 Å². The second kappa shape index (κ2) is 6.23. The fourth-order valence-corrected chi connectivity index (χ4v) is 2.80. The van der Waals surface area contributed by atoms with E-state index >= 15 is 0 Å². The van der Waals surface area contributed by atoms with Crippen LogP contribution in [-0.2, 0) is 4.79 Å². The van der Waals surface area contributed by atoms with E-state index in [0.29, 0.717) is 20.4 Å². The molecule has 0 bridgehead atoms. The van der Waals surface area contributed by atoms with Crippen LogP contribution in [0.4, 0.5) is 5.69 Å². The summed E-state index contributed by atoms with van der Waals surface area (Å²) < 4.78 is 0.998. The molecular formula is C13H8Br2N2O3. The first-order chi connectivity index (χ1) is 9.51. The maximum atomic E-state index is 11.1. The van der Waals surface area contributed by atoms with Crippen molar-refractivity contribution in [1.82, 2.24) is 0 Å². The standard InChI is InChI=1S/C13H8Br2N2O3/c1-7-4-8(18)2-3-12(7)17-20-9-5-10(14)13(16-19)11(15)6-9/h2-6H,1H3/b17-12+. The Morgan fingerprint density at radius 2 is 1.80 bits per heavy atom.